The first-order valence-corrected chi connectivity index (χ1v) is 33.1. The van der Waals surface area contributed by atoms with Crippen LogP contribution in [-0.4, -0.2) is 148 Å². The van der Waals surface area contributed by atoms with Crippen LogP contribution in [0.4, 0.5) is 13.2 Å². The second-order valence-electron chi connectivity index (χ2n) is 23.2. The van der Waals surface area contributed by atoms with E-state index in [0.29, 0.717) is 71.1 Å². The molecule has 3 aliphatic rings. The number of hydrogen-bond acceptors (Lipinski definition) is 17. The third kappa shape index (κ3) is 30.5. The van der Waals surface area contributed by atoms with Gasteiger partial charge in [0.1, 0.15) is 36.3 Å². The SMILES string of the molecule is NC(=O)c1nn(CC(=O)N(CC(=O)NCc2cccc(Cl)c2F)C2CCC(O)CC2)c2ccccc12.NC(=O)c1nn(CC(=O)O)c2ccccc12.NC1CCC(O)CC1.O=C(CCl)CCc1cccc(Cl)c1F.O=C(CNC1CCC(O)CC1)NCc1cccc(Cl)c1F.O=CO[O-].[H-].[K+].[K+]. The van der Waals surface area contributed by atoms with E-state index in [1.807, 2.05) is 0 Å². The number of halogens is 7. The number of primary amides is 2. The normalized spacial score (nSPS) is 17.3. The molecular weight excluding hydrogens is 1460 g/mol. The summed E-state index contributed by atoms with van der Waals surface area (Å²) in [7, 11) is 0. The summed E-state index contributed by atoms with van der Waals surface area (Å²) in [4.78, 5) is 95.2. The fraction of sp³-hybridized carbons (Fsp3) is 0.403. The fourth-order valence-corrected chi connectivity index (χ4v) is 11.4. The van der Waals surface area contributed by atoms with Gasteiger partial charge in [-0.2, -0.15) is 10.2 Å². The van der Waals surface area contributed by atoms with Gasteiger partial charge in [0, 0.05) is 59.5 Å². The van der Waals surface area contributed by atoms with E-state index in [4.69, 9.17) is 83.9 Å². The van der Waals surface area contributed by atoms with Crippen LogP contribution in [0.15, 0.2) is 103 Å². The Morgan fingerprint density at radius 3 is 1.45 bits per heavy atom. The molecule has 2 heterocycles. The number of rotatable bonds is 21. The molecule has 2 aromatic heterocycles. The van der Waals surface area contributed by atoms with Gasteiger partial charge in [-0.3, -0.25) is 47.7 Å². The molecule has 10 rings (SSSR count). The van der Waals surface area contributed by atoms with Crippen LogP contribution in [0.25, 0.3) is 21.8 Å². The molecular formula is C67H80Cl4F3K2N11O14. The molecule has 0 saturated heterocycles. The smallest absolute Gasteiger partial charge is 1.00 e. The molecule has 13 N–H and O–H groups in total. The van der Waals surface area contributed by atoms with Crippen molar-refractivity contribution in [3.8, 4) is 0 Å². The van der Waals surface area contributed by atoms with Gasteiger partial charge in [0.25, 0.3) is 18.3 Å². The number of carboxylic acids is 1. The molecule has 0 bridgehead atoms. The summed E-state index contributed by atoms with van der Waals surface area (Å²) in [5.74, 6) is -5.07. The molecule has 101 heavy (non-hydrogen) atoms. The van der Waals surface area contributed by atoms with Gasteiger partial charge in [-0.05, 0) is 119 Å². The molecule has 3 aliphatic carbocycles. The van der Waals surface area contributed by atoms with Gasteiger partial charge in [0.15, 0.2) is 11.4 Å². The number of hydrogen-bond donors (Lipinski definition) is 10. The Balaban J connectivity index is 0.000000458. The van der Waals surface area contributed by atoms with Crippen molar-refractivity contribution in [2.24, 2.45) is 17.2 Å². The molecule has 3 fully saturated rings. The zero-order chi connectivity index (χ0) is 72.7. The number of aromatic nitrogens is 4. The number of para-hydroxylation sites is 2. The second kappa shape index (κ2) is 47.4. The zero-order valence-electron chi connectivity index (χ0n) is 56.7. The van der Waals surface area contributed by atoms with Crippen LogP contribution < -0.4 is 141 Å². The Kier molecular flexibility index (Phi) is 42.4. The average Bonchev–Trinajstić information content (AvgIpc) is 1.65. The Labute approximate surface area is 687 Å². The number of nitrogens with two attached hydrogens (primary N) is 3. The molecule has 25 nitrogen and oxygen atoms in total. The molecule has 0 radical (unpaired) electrons. The number of amides is 5. The zero-order valence-corrected chi connectivity index (χ0v) is 65.0. The van der Waals surface area contributed by atoms with Crippen molar-refractivity contribution < 1.29 is 186 Å². The molecule has 0 unspecified atom stereocenters. The summed E-state index contributed by atoms with van der Waals surface area (Å²) < 4.78 is 43.8. The number of aliphatic hydroxyl groups is 3. The maximum Gasteiger partial charge on any atom is 1.00 e. The standard InChI is InChI=1S/C25H27ClFN5O4.C15H20ClFN2O2.C10H9Cl2FO.C10H9N3O3.C6H13NO.CH2O3.2K.H/c26-19-6-3-4-15(23(19)27)12-29-21(34)13-31(16-8-10-17(33)11-9-16)22(35)14-32-20-7-2-1-5-18(20)24(30-32)25(28)36;16-13-3-1-2-10(15(13)17)8-19-14(21)9-18-11-4-6-12(20)7-5-11;11-6-8(14)5-4-7-2-1-3-9(12)10(7)13;11-10(16)9-6-3-1-2-4-7(6)13(12-9)5-8(14)15;7-5-1-3-6(8)4-2-5;2-1-4-3;;;/h1-7,16-17,33H,8-14H2,(H2,28,36)(H,29,34);1-3,11-12,18,20H,4-9H2,(H,19,21);1-3H,4-6H2;1-4H,5H2,(H2,11,16)(H,14,15);5-6,8H,1-4,7H2;1,3H;;;/q;;;;;;2*+1;-1/p-1. The number of aliphatic hydroxyl groups excluding tert-OH is 3. The molecule has 5 aromatic carbocycles. The van der Waals surface area contributed by atoms with Crippen molar-refractivity contribution in [2.45, 2.75) is 153 Å². The third-order valence-corrected chi connectivity index (χ3v) is 17.2. The van der Waals surface area contributed by atoms with Crippen molar-refractivity contribution in [1.29, 1.82) is 0 Å². The minimum atomic E-state index is -1.02. The molecule has 0 aliphatic heterocycles. The summed E-state index contributed by atoms with van der Waals surface area (Å²) >= 11 is 22.4. The predicted octanol–water partition coefficient (Wildman–Crippen LogP) is 0.608. The van der Waals surface area contributed by atoms with Gasteiger partial charge in [-0.25, -0.2) is 13.2 Å². The van der Waals surface area contributed by atoms with Crippen LogP contribution in [0.1, 0.15) is 123 Å². The Bertz CT molecular complexity index is 3840. The van der Waals surface area contributed by atoms with Crippen molar-refractivity contribution in [2.75, 3.05) is 19.0 Å². The van der Waals surface area contributed by atoms with E-state index in [0.717, 1.165) is 51.4 Å². The monoisotopic (exact) mass is 1540 g/mol. The number of benzene rings is 5. The van der Waals surface area contributed by atoms with E-state index >= 15 is 0 Å². The van der Waals surface area contributed by atoms with E-state index < -0.39 is 47.2 Å². The summed E-state index contributed by atoms with van der Waals surface area (Å²) in [6.07, 6.45) is 9.09. The van der Waals surface area contributed by atoms with Crippen LogP contribution >= 0.6 is 46.4 Å². The van der Waals surface area contributed by atoms with Crippen molar-refractivity contribution in [1.82, 2.24) is 40.4 Å². The number of carboxylic acid groups (broad SMARTS) is 1. The number of carbonyl (C=O) groups excluding carboxylic acids is 7. The maximum absolute atomic E-state index is 14.2. The van der Waals surface area contributed by atoms with Gasteiger partial charge in [-0.1, -0.05) is 108 Å². The quantitative estimate of drug-likeness (QED) is 0.0155. The Hall–Kier alpha value is -5.02. The maximum atomic E-state index is 14.2. The molecule has 0 spiro atoms. The summed E-state index contributed by atoms with van der Waals surface area (Å²) in [6, 6.07) is 28.2. The molecule has 3 saturated carbocycles. The van der Waals surface area contributed by atoms with E-state index in [1.54, 1.807) is 78.9 Å². The van der Waals surface area contributed by atoms with Crippen LogP contribution in [0.2, 0.25) is 15.1 Å². The van der Waals surface area contributed by atoms with Crippen LogP contribution in [0.3, 0.4) is 0 Å². The largest absolute Gasteiger partial charge is 1.00 e. The number of Topliss-reactive ketones (excluding diaryl/α,β-unsaturated/α-hetero) is 1. The number of carbonyl (C=O) groups is 8. The van der Waals surface area contributed by atoms with Gasteiger partial charge >= 0.3 is 109 Å². The second-order valence-corrected chi connectivity index (χ2v) is 24.7. The number of ketones is 1. The molecule has 538 valence electrons. The fourth-order valence-electron chi connectivity index (χ4n) is 10.7. The Morgan fingerprint density at radius 1 is 0.614 bits per heavy atom. The van der Waals surface area contributed by atoms with E-state index in [1.165, 1.54) is 38.5 Å². The summed E-state index contributed by atoms with van der Waals surface area (Å²) in [5.41, 5.74) is 18.6. The predicted molar refractivity (Wildman–Crippen MR) is 363 cm³/mol. The molecule has 34 heteroatoms. The number of alkyl halides is 1. The number of nitrogens with one attached hydrogen (secondary N) is 3. The number of aliphatic carboxylic acids is 1. The average molecular weight is 1540 g/mol. The molecule has 5 amide bonds. The van der Waals surface area contributed by atoms with Gasteiger partial charge < -0.3 is 70.0 Å². The van der Waals surface area contributed by atoms with Gasteiger partial charge in [0.05, 0.1) is 63.4 Å². The van der Waals surface area contributed by atoms with Gasteiger partial charge in [0.2, 0.25) is 17.7 Å². The van der Waals surface area contributed by atoms with Gasteiger partial charge in [-0.15, -0.1) is 11.6 Å². The van der Waals surface area contributed by atoms with Crippen LogP contribution in [-0.2, 0) is 66.3 Å². The summed E-state index contributed by atoms with van der Waals surface area (Å²) in [5, 5.41) is 63.2. The van der Waals surface area contributed by atoms with E-state index in [-0.39, 0.29) is 236 Å². The van der Waals surface area contributed by atoms with Crippen LogP contribution in [0.5, 0.6) is 0 Å². The van der Waals surface area contributed by atoms with E-state index in [2.05, 4.69) is 31.0 Å². The van der Waals surface area contributed by atoms with Crippen molar-refractivity contribution in [3.63, 3.8) is 0 Å². The topological polar surface area (TPSA) is 403 Å². The Morgan fingerprint density at radius 2 is 1.02 bits per heavy atom. The first-order chi connectivity index (χ1) is 47.2. The minimum Gasteiger partial charge on any atom is -1.00 e. The number of nitrogens with zero attached hydrogens (tertiary/aromatic N) is 5. The molecule has 0 atom stereocenters. The first-order valence-electron chi connectivity index (χ1n) is 31.4. The number of aryl methyl sites for hydroxylation is 1. The van der Waals surface area contributed by atoms with Crippen LogP contribution in [0, 0.1) is 17.5 Å². The van der Waals surface area contributed by atoms with E-state index in [9.17, 15) is 56.9 Å². The number of fused-ring (bicyclic) bond motifs is 2. The van der Waals surface area contributed by atoms with Crippen molar-refractivity contribution >= 4 is 116 Å². The third-order valence-electron chi connectivity index (χ3n) is 16.0. The first kappa shape index (κ1) is 90.2. The molecule has 7 aromatic rings. The van der Waals surface area contributed by atoms with Crippen molar-refractivity contribution in [3.05, 3.63) is 164 Å². The summed E-state index contributed by atoms with van der Waals surface area (Å²) in [6.45, 7) is -0.692. The minimum absolute atomic E-state index is 0.